The average molecular weight is 293 g/mol. The molecule has 3 unspecified atom stereocenters. The van der Waals surface area contributed by atoms with Crippen molar-refractivity contribution in [2.45, 2.75) is 52.1 Å². The maximum atomic E-state index is 11.6. The van der Waals surface area contributed by atoms with Gasteiger partial charge in [0.25, 0.3) is 0 Å². The number of rotatable bonds is 5. The van der Waals surface area contributed by atoms with Gasteiger partial charge in [0.1, 0.15) is 6.04 Å². The summed E-state index contributed by atoms with van der Waals surface area (Å²) in [4.78, 5) is 18.0. The minimum absolute atomic E-state index is 0.296. The fourth-order valence-corrected chi connectivity index (χ4v) is 3.86. The van der Waals surface area contributed by atoms with Crippen molar-refractivity contribution in [3.63, 3.8) is 0 Å². The van der Waals surface area contributed by atoms with E-state index in [1.807, 2.05) is 4.90 Å². The summed E-state index contributed by atoms with van der Waals surface area (Å²) in [5, 5.41) is 13.5. The number of hydrogen-bond acceptors (Lipinski definition) is 5. The Morgan fingerprint density at radius 3 is 3.00 bits per heavy atom. The second kappa shape index (κ2) is 5.75. The predicted molar refractivity (Wildman–Crippen MR) is 75.5 cm³/mol. The van der Waals surface area contributed by atoms with Crippen molar-refractivity contribution in [3.05, 3.63) is 11.7 Å². The zero-order chi connectivity index (χ0) is 15.0. The zero-order valence-electron chi connectivity index (χ0n) is 12.7. The molecule has 6 heteroatoms. The monoisotopic (exact) mass is 293 g/mol. The molecule has 0 radical (unpaired) electrons. The first-order chi connectivity index (χ1) is 10.0. The van der Waals surface area contributed by atoms with Gasteiger partial charge in [-0.25, -0.2) is 0 Å². The van der Waals surface area contributed by atoms with Crippen LogP contribution in [0.5, 0.6) is 0 Å². The molecule has 2 heterocycles. The van der Waals surface area contributed by atoms with Gasteiger partial charge in [-0.05, 0) is 30.6 Å². The molecule has 1 aliphatic heterocycles. The first-order valence-corrected chi connectivity index (χ1v) is 7.83. The summed E-state index contributed by atoms with van der Waals surface area (Å²) in [7, 11) is 0. The molecule has 0 spiro atoms. The Morgan fingerprint density at radius 1 is 1.48 bits per heavy atom. The van der Waals surface area contributed by atoms with E-state index in [2.05, 4.69) is 24.0 Å². The number of aromatic nitrogens is 2. The van der Waals surface area contributed by atoms with E-state index in [1.165, 1.54) is 0 Å². The molecule has 0 bridgehead atoms. The Morgan fingerprint density at radius 2 is 2.29 bits per heavy atom. The standard InChI is InChI=1S/C15H23N3O3/c1-9(2)6-13-16-12(17-21-13)8-18-7-10-4-3-5-11(10)14(18)15(19)20/h9-11,14H,3-8H2,1-2H3,(H,19,20). The van der Waals surface area contributed by atoms with E-state index >= 15 is 0 Å². The number of aliphatic carboxylic acids is 1. The van der Waals surface area contributed by atoms with Gasteiger partial charge in [0, 0.05) is 13.0 Å². The number of carboxylic acids is 1. The summed E-state index contributed by atoms with van der Waals surface area (Å²) >= 11 is 0. The molecule has 1 aliphatic carbocycles. The summed E-state index contributed by atoms with van der Waals surface area (Å²) in [6, 6.07) is -0.385. The SMILES string of the molecule is CC(C)Cc1nc(CN2CC3CCCC3C2C(=O)O)no1. The van der Waals surface area contributed by atoms with Gasteiger partial charge >= 0.3 is 5.97 Å². The summed E-state index contributed by atoms with van der Waals surface area (Å²) in [5.41, 5.74) is 0. The molecule has 6 nitrogen and oxygen atoms in total. The lowest BCUT2D eigenvalue weighted by Gasteiger charge is -2.22. The van der Waals surface area contributed by atoms with Crippen LogP contribution in [0.15, 0.2) is 4.52 Å². The van der Waals surface area contributed by atoms with Gasteiger partial charge in [-0.3, -0.25) is 9.69 Å². The lowest BCUT2D eigenvalue weighted by molar-refractivity contribution is -0.143. The maximum absolute atomic E-state index is 11.6. The minimum atomic E-state index is -0.713. The topological polar surface area (TPSA) is 79.5 Å². The highest BCUT2D eigenvalue weighted by Gasteiger charge is 2.47. The summed E-state index contributed by atoms with van der Waals surface area (Å²) in [6.45, 7) is 5.53. The molecule has 2 fully saturated rings. The molecule has 1 saturated heterocycles. The molecule has 116 valence electrons. The number of fused-ring (bicyclic) bond motifs is 1. The van der Waals surface area contributed by atoms with E-state index in [4.69, 9.17) is 4.52 Å². The third kappa shape index (κ3) is 2.95. The van der Waals surface area contributed by atoms with Crippen LogP contribution in [0.3, 0.4) is 0 Å². The molecular weight excluding hydrogens is 270 g/mol. The van der Waals surface area contributed by atoms with Gasteiger partial charge in [-0.1, -0.05) is 25.4 Å². The highest BCUT2D eigenvalue weighted by Crippen LogP contribution is 2.42. The minimum Gasteiger partial charge on any atom is -0.480 e. The third-order valence-corrected chi connectivity index (χ3v) is 4.68. The van der Waals surface area contributed by atoms with Crippen molar-refractivity contribution in [2.24, 2.45) is 17.8 Å². The Bertz CT molecular complexity index is 514. The molecule has 0 amide bonds. The first-order valence-electron chi connectivity index (χ1n) is 7.83. The third-order valence-electron chi connectivity index (χ3n) is 4.68. The van der Waals surface area contributed by atoms with Crippen molar-refractivity contribution in [1.29, 1.82) is 0 Å². The highest BCUT2D eigenvalue weighted by molar-refractivity contribution is 5.74. The van der Waals surface area contributed by atoms with E-state index in [9.17, 15) is 9.90 Å². The van der Waals surface area contributed by atoms with Crippen molar-refractivity contribution in [1.82, 2.24) is 15.0 Å². The number of carbonyl (C=O) groups is 1. The molecule has 1 saturated carbocycles. The van der Waals surface area contributed by atoms with E-state index in [-0.39, 0.29) is 6.04 Å². The molecule has 3 rings (SSSR count). The fraction of sp³-hybridized carbons (Fsp3) is 0.800. The number of hydrogen-bond donors (Lipinski definition) is 1. The van der Waals surface area contributed by atoms with Crippen LogP contribution in [0.1, 0.15) is 44.8 Å². The quantitative estimate of drug-likeness (QED) is 0.894. The number of nitrogens with zero attached hydrogens (tertiary/aromatic N) is 3. The second-order valence-electron chi connectivity index (χ2n) is 6.77. The van der Waals surface area contributed by atoms with Crippen molar-refractivity contribution >= 4 is 5.97 Å². The van der Waals surface area contributed by atoms with Crippen LogP contribution in [-0.2, 0) is 17.8 Å². The molecule has 2 aliphatic rings. The predicted octanol–water partition coefficient (Wildman–Crippen LogP) is 1.95. The number of likely N-dealkylation sites (tertiary alicyclic amines) is 1. The van der Waals surface area contributed by atoms with Crippen LogP contribution >= 0.6 is 0 Å². The van der Waals surface area contributed by atoms with Crippen molar-refractivity contribution < 1.29 is 14.4 Å². The maximum Gasteiger partial charge on any atom is 0.321 e. The van der Waals surface area contributed by atoms with E-state index in [0.717, 1.165) is 32.2 Å². The number of carboxylic acid groups (broad SMARTS) is 1. The van der Waals surface area contributed by atoms with Gasteiger partial charge in [-0.2, -0.15) is 4.98 Å². The molecule has 1 N–H and O–H groups in total. The Kier molecular flexibility index (Phi) is 3.97. The van der Waals surface area contributed by atoms with E-state index in [1.54, 1.807) is 0 Å². The fourth-order valence-electron chi connectivity index (χ4n) is 3.86. The lowest BCUT2D eigenvalue weighted by Crippen LogP contribution is -2.39. The molecule has 3 atom stereocenters. The molecular formula is C15H23N3O3. The average Bonchev–Trinajstić information content (AvgIpc) is 3.04. The Balaban J connectivity index is 1.69. The van der Waals surface area contributed by atoms with Crippen LogP contribution in [0.2, 0.25) is 0 Å². The second-order valence-corrected chi connectivity index (χ2v) is 6.77. The van der Waals surface area contributed by atoms with Crippen molar-refractivity contribution in [3.8, 4) is 0 Å². The van der Waals surface area contributed by atoms with Crippen LogP contribution in [0, 0.1) is 17.8 Å². The summed E-state index contributed by atoms with van der Waals surface area (Å²) in [6.07, 6.45) is 4.10. The normalized spacial score (nSPS) is 29.2. The van der Waals surface area contributed by atoms with Crippen LogP contribution in [0.4, 0.5) is 0 Å². The zero-order valence-corrected chi connectivity index (χ0v) is 12.7. The molecule has 21 heavy (non-hydrogen) atoms. The smallest absolute Gasteiger partial charge is 0.321 e. The van der Waals surface area contributed by atoms with E-state index < -0.39 is 5.97 Å². The molecule has 1 aromatic rings. The largest absolute Gasteiger partial charge is 0.480 e. The van der Waals surface area contributed by atoms with E-state index in [0.29, 0.717) is 36.0 Å². The van der Waals surface area contributed by atoms with Crippen molar-refractivity contribution in [2.75, 3.05) is 6.54 Å². The van der Waals surface area contributed by atoms with Crippen LogP contribution in [0.25, 0.3) is 0 Å². The Labute approximate surface area is 124 Å². The van der Waals surface area contributed by atoms with Gasteiger partial charge in [0.15, 0.2) is 5.82 Å². The Hall–Kier alpha value is -1.43. The summed E-state index contributed by atoms with van der Waals surface area (Å²) < 4.78 is 5.24. The molecule has 1 aromatic heterocycles. The first kappa shape index (κ1) is 14.5. The van der Waals surface area contributed by atoms with Gasteiger partial charge in [-0.15, -0.1) is 0 Å². The van der Waals surface area contributed by atoms with Crippen LogP contribution < -0.4 is 0 Å². The van der Waals surface area contributed by atoms with Gasteiger partial charge in [0.2, 0.25) is 5.89 Å². The summed E-state index contributed by atoms with van der Waals surface area (Å²) in [5.74, 6) is 1.83. The lowest BCUT2D eigenvalue weighted by atomic mass is 9.94. The molecule has 0 aromatic carbocycles. The van der Waals surface area contributed by atoms with Gasteiger partial charge in [0.05, 0.1) is 6.54 Å². The van der Waals surface area contributed by atoms with Gasteiger partial charge < -0.3 is 9.63 Å². The highest BCUT2D eigenvalue weighted by atomic mass is 16.5. The van der Waals surface area contributed by atoms with Crippen LogP contribution in [-0.4, -0.2) is 38.7 Å².